The van der Waals surface area contributed by atoms with Crippen LogP contribution in [0.5, 0.6) is 0 Å². The molecular weight excluding hydrogens is 305 g/mol. The van der Waals surface area contributed by atoms with Crippen molar-refractivity contribution in [3.8, 4) is 0 Å². The first kappa shape index (κ1) is 17.2. The van der Waals surface area contributed by atoms with Crippen molar-refractivity contribution in [1.29, 1.82) is 0 Å². The number of carboxylic acid groups (broad SMARTS) is 1. The monoisotopic (exact) mass is 327 g/mol. The fourth-order valence-corrected chi connectivity index (χ4v) is 1.73. The summed E-state index contributed by atoms with van der Waals surface area (Å²) in [5.41, 5.74) is -0.449. The van der Waals surface area contributed by atoms with Crippen LogP contribution in [-0.2, 0) is 4.79 Å². The van der Waals surface area contributed by atoms with E-state index >= 15 is 0 Å². The summed E-state index contributed by atoms with van der Waals surface area (Å²) < 4.78 is 0. The number of unbranched alkanes of at least 4 members (excludes halogenated alkanes) is 2. The molecule has 0 saturated carbocycles. The van der Waals surface area contributed by atoms with E-state index in [0.29, 0.717) is 0 Å². The smallest absolute Gasteiger partial charge is 0.309 e. The fourth-order valence-electron chi connectivity index (χ4n) is 1.73. The second-order valence-electron chi connectivity index (χ2n) is 3.75. The molecule has 0 saturated heterocycles. The summed E-state index contributed by atoms with van der Waals surface area (Å²) in [7, 11) is 0. The standard InChI is InChI=1S/C11H22O2.Pr/c1-4-7-8-9-11(5-2,6-3)10(12)13;/h4-9H2,1-3H3,(H,12,13);. The Bertz CT molecular complexity index is 153. The Hall–Kier alpha value is 0.834. The molecule has 0 bridgehead atoms. The van der Waals surface area contributed by atoms with Crippen LogP contribution in [0.2, 0.25) is 0 Å². The molecule has 0 aromatic rings. The van der Waals surface area contributed by atoms with Gasteiger partial charge in [0.05, 0.1) is 5.41 Å². The first-order valence-electron chi connectivity index (χ1n) is 5.36. The topological polar surface area (TPSA) is 37.3 Å². The van der Waals surface area contributed by atoms with Gasteiger partial charge >= 0.3 is 5.97 Å². The van der Waals surface area contributed by atoms with Crippen molar-refractivity contribution in [2.24, 2.45) is 5.41 Å². The van der Waals surface area contributed by atoms with Gasteiger partial charge in [0.1, 0.15) is 0 Å². The van der Waals surface area contributed by atoms with Gasteiger partial charge in [-0.3, -0.25) is 4.79 Å². The average molecular weight is 327 g/mol. The molecule has 0 fully saturated rings. The van der Waals surface area contributed by atoms with Gasteiger partial charge in [0.25, 0.3) is 0 Å². The molecule has 0 aromatic carbocycles. The van der Waals surface area contributed by atoms with Crippen molar-refractivity contribution < 1.29 is 51.2 Å². The maximum Gasteiger partial charge on any atom is 0.309 e. The zero-order valence-electron chi connectivity index (χ0n) is 9.68. The van der Waals surface area contributed by atoms with Gasteiger partial charge in [0.2, 0.25) is 0 Å². The molecule has 0 heterocycles. The number of rotatable bonds is 7. The van der Waals surface area contributed by atoms with E-state index in [1.54, 1.807) is 0 Å². The van der Waals surface area contributed by atoms with Gasteiger partial charge in [0, 0.05) is 41.3 Å². The number of aliphatic carboxylic acids is 1. The van der Waals surface area contributed by atoms with E-state index in [4.69, 9.17) is 5.11 Å². The number of hydrogen-bond donors (Lipinski definition) is 1. The van der Waals surface area contributed by atoms with Crippen LogP contribution >= 0.6 is 0 Å². The molecule has 1 N–H and O–H groups in total. The zero-order valence-corrected chi connectivity index (χ0v) is 13.4. The first-order chi connectivity index (χ1) is 6.13. The van der Waals surface area contributed by atoms with Crippen LogP contribution in [-0.4, -0.2) is 11.1 Å². The third-order valence-electron chi connectivity index (χ3n) is 3.07. The van der Waals surface area contributed by atoms with Crippen LogP contribution in [0.25, 0.3) is 0 Å². The third kappa shape index (κ3) is 5.07. The largest absolute Gasteiger partial charge is 0.481 e. The van der Waals surface area contributed by atoms with Crippen molar-refractivity contribution in [2.45, 2.75) is 59.3 Å². The summed E-state index contributed by atoms with van der Waals surface area (Å²) in [6.45, 7) is 6.09. The predicted octanol–water partition coefficient (Wildman–Crippen LogP) is 3.46. The molecule has 0 amide bonds. The maximum absolute atomic E-state index is 11.1. The van der Waals surface area contributed by atoms with Gasteiger partial charge in [0.15, 0.2) is 0 Å². The van der Waals surface area contributed by atoms with E-state index in [9.17, 15) is 4.79 Å². The number of carbonyl (C=O) groups is 1. The Morgan fingerprint density at radius 2 is 1.64 bits per heavy atom. The summed E-state index contributed by atoms with van der Waals surface area (Å²) >= 11 is 0. The van der Waals surface area contributed by atoms with Gasteiger partial charge in [-0.2, -0.15) is 0 Å². The fraction of sp³-hybridized carbons (Fsp3) is 0.909. The van der Waals surface area contributed by atoms with Gasteiger partial charge in [-0.05, 0) is 19.3 Å². The van der Waals surface area contributed by atoms with E-state index in [-0.39, 0.29) is 41.3 Å². The third-order valence-corrected chi connectivity index (χ3v) is 3.07. The Labute approximate surface area is 121 Å². The molecule has 3 heteroatoms. The van der Waals surface area contributed by atoms with Crippen molar-refractivity contribution in [3.05, 3.63) is 0 Å². The molecule has 0 spiro atoms. The molecule has 0 rings (SSSR count). The molecule has 0 aromatic heterocycles. The molecule has 1 radical (unpaired) electrons. The van der Waals surface area contributed by atoms with Crippen molar-refractivity contribution in [1.82, 2.24) is 0 Å². The van der Waals surface area contributed by atoms with Crippen LogP contribution in [0.1, 0.15) is 59.3 Å². The van der Waals surface area contributed by atoms with Crippen LogP contribution in [0.3, 0.4) is 0 Å². The predicted molar refractivity (Wildman–Crippen MR) is 54.8 cm³/mol. The summed E-state index contributed by atoms with van der Waals surface area (Å²) in [5, 5.41) is 9.12. The Kier molecular flexibility index (Phi) is 11.2. The SMILES string of the molecule is CCCCCC(CC)(CC)C(=O)O.[Pr]. The summed E-state index contributed by atoms with van der Waals surface area (Å²) in [6.07, 6.45) is 5.69. The second kappa shape index (κ2) is 9.09. The molecule has 0 aliphatic carbocycles. The van der Waals surface area contributed by atoms with Crippen LogP contribution in [0.15, 0.2) is 0 Å². The Morgan fingerprint density at radius 1 is 1.14 bits per heavy atom. The average Bonchev–Trinajstić information content (AvgIpc) is 2.13. The number of hydrogen-bond acceptors (Lipinski definition) is 1. The summed E-state index contributed by atoms with van der Waals surface area (Å²) in [5.74, 6) is -0.617. The summed E-state index contributed by atoms with van der Waals surface area (Å²) in [6, 6.07) is 0. The molecular formula is C11H22O2Pr. The Balaban J connectivity index is 0. The van der Waals surface area contributed by atoms with E-state index in [0.717, 1.165) is 38.5 Å². The van der Waals surface area contributed by atoms with Crippen LogP contribution in [0.4, 0.5) is 0 Å². The van der Waals surface area contributed by atoms with E-state index in [1.165, 1.54) is 0 Å². The van der Waals surface area contributed by atoms with Gasteiger partial charge in [-0.25, -0.2) is 0 Å². The molecule has 81 valence electrons. The van der Waals surface area contributed by atoms with E-state index in [1.807, 2.05) is 13.8 Å². The molecule has 14 heavy (non-hydrogen) atoms. The summed E-state index contributed by atoms with van der Waals surface area (Å²) in [4.78, 5) is 11.1. The number of carboxylic acids is 1. The zero-order chi connectivity index (χ0) is 10.3. The van der Waals surface area contributed by atoms with E-state index in [2.05, 4.69) is 6.92 Å². The van der Waals surface area contributed by atoms with Gasteiger partial charge in [-0.15, -0.1) is 0 Å². The van der Waals surface area contributed by atoms with Crippen molar-refractivity contribution >= 4 is 5.97 Å². The van der Waals surface area contributed by atoms with Gasteiger partial charge < -0.3 is 5.11 Å². The molecule has 0 unspecified atom stereocenters. The van der Waals surface area contributed by atoms with Gasteiger partial charge in [-0.1, -0.05) is 40.0 Å². The second-order valence-corrected chi connectivity index (χ2v) is 3.75. The Morgan fingerprint density at radius 3 is 1.93 bits per heavy atom. The van der Waals surface area contributed by atoms with Crippen molar-refractivity contribution in [3.63, 3.8) is 0 Å². The van der Waals surface area contributed by atoms with E-state index < -0.39 is 11.4 Å². The molecule has 0 atom stereocenters. The van der Waals surface area contributed by atoms with Crippen molar-refractivity contribution in [2.75, 3.05) is 0 Å². The molecule has 0 aliphatic heterocycles. The maximum atomic E-state index is 11.1. The molecule has 0 aliphatic rings. The normalized spacial score (nSPS) is 10.8. The minimum absolute atomic E-state index is 0. The molecule has 2 nitrogen and oxygen atoms in total. The first-order valence-corrected chi connectivity index (χ1v) is 5.36. The minimum atomic E-state index is -0.617. The van der Waals surface area contributed by atoms with Crippen LogP contribution in [0, 0.1) is 46.7 Å². The van der Waals surface area contributed by atoms with Crippen LogP contribution < -0.4 is 0 Å². The quantitative estimate of drug-likeness (QED) is 0.727. The minimum Gasteiger partial charge on any atom is -0.481 e.